The maximum absolute atomic E-state index is 12.0. The lowest BCUT2D eigenvalue weighted by molar-refractivity contribution is 0.0951. The first-order valence-corrected chi connectivity index (χ1v) is 8.47. The molecule has 0 atom stereocenters. The highest BCUT2D eigenvalue weighted by Gasteiger charge is 2.10. The molecule has 1 amide bonds. The van der Waals surface area contributed by atoms with Gasteiger partial charge in [-0.2, -0.15) is 0 Å². The van der Waals surface area contributed by atoms with Gasteiger partial charge in [0.2, 0.25) is 0 Å². The maximum atomic E-state index is 12.0. The summed E-state index contributed by atoms with van der Waals surface area (Å²) in [4.78, 5) is 14.6. The number of phenolic OH excluding ortho intramolecular Hbond substituents is 1. The van der Waals surface area contributed by atoms with Crippen LogP contribution in [0.1, 0.15) is 29.6 Å². The molecule has 0 aliphatic rings. The first kappa shape index (κ1) is 20.7. The molecule has 1 aromatic rings. The van der Waals surface area contributed by atoms with Gasteiger partial charge in [-0.15, -0.1) is 0 Å². The minimum absolute atomic E-state index is 0.153. The van der Waals surface area contributed by atoms with Crippen LogP contribution in [0.25, 0.3) is 10.4 Å². The lowest BCUT2D eigenvalue weighted by Gasteiger charge is -2.08. The molecule has 1 rings (SSSR count). The molecule has 9 heteroatoms. The Kier molecular flexibility index (Phi) is 10.8. The van der Waals surface area contributed by atoms with E-state index in [0.29, 0.717) is 13.1 Å². The number of amides is 1. The number of benzene rings is 1. The highest BCUT2D eigenvalue weighted by Crippen LogP contribution is 2.23. The highest BCUT2D eigenvalue weighted by atomic mass is 16.3. The largest absolute Gasteiger partial charge is 0.507 e. The number of rotatable bonds is 13. The number of hydrogen-bond donors (Lipinski definition) is 5. The Labute approximate surface area is 147 Å². The van der Waals surface area contributed by atoms with Crippen molar-refractivity contribution in [1.29, 1.82) is 0 Å². The molecule has 0 aliphatic heterocycles. The molecule has 138 valence electrons. The number of hydrogen-bond acceptors (Lipinski definition) is 6. The van der Waals surface area contributed by atoms with Gasteiger partial charge < -0.3 is 26.8 Å². The molecule has 1 aromatic carbocycles. The number of carbonyl (C=O) groups excluding carboxylic acids is 1. The molecule has 9 nitrogen and oxygen atoms in total. The molecule has 0 spiro atoms. The summed E-state index contributed by atoms with van der Waals surface area (Å²) in [6, 6.07) is 4.17. The SMILES string of the molecule is [N-]=[N+]=Nc1ccc(C(=O)NCCNCCCCNCCCN)c(O)c1. The predicted molar refractivity (Wildman–Crippen MR) is 97.9 cm³/mol. The average molecular weight is 349 g/mol. The zero-order valence-corrected chi connectivity index (χ0v) is 14.4. The van der Waals surface area contributed by atoms with E-state index in [2.05, 4.69) is 26.0 Å². The number of phenols is 1. The smallest absolute Gasteiger partial charge is 0.255 e. The van der Waals surface area contributed by atoms with E-state index in [0.717, 1.165) is 45.4 Å². The van der Waals surface area contributed by atoms with Crippen molar-refractivity contribution in [2.45, 2.75) is 19.3 Å². The van der Waals surface area contributed by atoms with E-state index >= 15 is 0 Å². The predicted octanol–water partition coefficient (Wildman–Crippen LogP) is 1.37. The number of unbranched alkanes of at least 4 members (excludes halogenated alkanes) is 1. The van der Waals surface area contributed by atoms with Crippen LogP contribution in [0.5, 0.6) is 5.75 Å². The van der Waals surface area contributed by atoms with Crippen LogP contribution >= 0.6 is 0 Å². The zero-order valence-electron chi connectivity index (χ0n) is 14.4. The van der Waals surface area contributed by atoms with Gasteiger partial charge >= 0.3 is 0 Å². The van der Waals surface area contributed by atoms with Crippen LogP contribution in [-0.4, -0.2) is 50.3 Å². The Balaban J connectivity index is 2.12. The average Bonchev–Trinajstić information content (AvgIpc) is 2.60. The van der Waals surface area contributed by atoms with Crippen molar-refractivity contribution in [2.75, 3.05) is 39.3 Å². The summed E-state index contributed by atoms with van der Waals surface area (Å²) in [5, 5.41) is 22.5. The summed E-state index contributed by atoms with van der Waals surface area (Å²) in [7, 11) is 0. The van der Waals surface area contributed by atoms with Gasteiger partial charge in [0.15, 0.2) is 0 Å². The molecule has 0 fully saturated rings. The third-order valence-corrected chi connectivity index (χ3v) is 3.49. The van der Waals surface area contributed by atoms with Gasteiger partial charge in [0, 0.05) is 23.7 Å². The van der Waals surface area contributed by atoms with Crippen molar-refractivity contribution >= 4 is 11.6 Å². The van der Waals surface area contributed by atoms with Crippen LogP contribution < -0.4 is 21.7 Å². The van der Waals surface area contributed by atoms with E-state index in [1.807, 2.05) is 0 Å². The second-order valence-electron chi connectivity index (χ2n) is 5.50. The summed E-state index contributed by atoms with van der Waals surface area (Å²) in [5.74, 6) is -0.576. The zero-order chi connectivity index (χ0) is 18.3. The Morgan fingerprint density at radius 3 is 2.44 bits per heavy atom. The molecule has 0 radical (unpaired) electrons. The molecule has 25 heavy (non-hydrogen) atoms. The van der Waals surface area contributed by atoms with E-state index in [9.17, 15) is 9.90 Å². The molecule has 0 aromatic heterocycles. The van der Waals surface area contributed by atoms with Crippen molar-refractivity contribution in [3.63, 3.8) is 0 Å². The second-order valence-corrected chi connectivity index (χ2v) is 5.50. The Morgan fingerprint density at radius 1 is 1.12 bits per heavy atom. The molecule has 0 heterocycles. The van der Waals surface area contributed by atoms with Crippen LogP contribution in [0.4, 0.5) is 5.69 Å². The van der Waals surface area contributed by atoms with Gasteiger partial charge in [0.1, 0.15) is 5.75 Å². The van der Waals surface area contributed by atoms with Crippen LogP contribution in [0.3, 0.4) is 0 Å². The summed E-state index contributed by atoms with van der Waals surface area (Å²) in [5.41, 5.74) is 14.2. The topological polar surface area (TPSA) is 148 Å². The molecular formula is C16H27N7O2. The number of nitrogens with one attached hydrogen (secondary N) is 3. The first-order chi connectivity index (χ1) is 12.2. The van der Waals surface area contributed by atoms with Crippen LogP contribution in [0.15, 0.2) is 23.3 Å². The van der Waals surface area contributed by atoms with E-state index < -0.39 is 0 Å². The fourth-order valence-electron chi connectivity index (χ4n) is 2.16. The number of nitrogens with two attached hydrogens (primary N) is 1. The van der Waals surface area contributed by atoms with Crippen molar-refractivity contribution in [1.82, 2.24) is 16.0 Å². The van der Waals surface area contributed by atoms with E-state index in [1.165, 1.54) is 18.2 Å². The summed E-state index contributed by atoms with van der Waals surface area (Å²) in [6.45, 7) is 4.68. The fourth-order valence-corrected chi connectivity index (χ4v) is 2.16. The Hall–Kier alpha value is -2.32. The quantitative estimate of drug-likeness (QED) is 0.158. The molecule has 0 saturated heterocycles. The van der Waals surface area contributed by atoms with Gasteiger partial charge in [0.25, 0.3) is 5.91 Å². The third kappa shape index (κ3) is 8.92. The monoisotopic (exact) mass is 349 g/mol. The molecule has 0 bridgehead atoms. The third-order valence-electron chi connectivity index (χ3n) is 3.49. The molecule has 0 unspecified atom stereocenters. The van der Waals surface area contributed by atoms with Crippen molar-refractivity contribution in [3.8, 4) is 5.75 Å². The summed E-state index contributed by atoms with van der Waals surface area (Å²) >= 11 is 0. The van der Waals surface area contributed by atoms with E-state index in [4.69, 9.17) is 11.3 Å². The van der Waals surface area contributed by atoms with Gasteiger partial charge in [-0.05, 0) is 63.1 Å². The molecule has 0 aliphatic carbocycles. The van der Waals surface area contributed by atoms with Crippen molar-refractivity contribution in [3.05, 3.63) is 34.2 Å². The molecular weight excluding hydrogens is 322 g/mol. The molecule has 6 N–H and O–H groups in total. The summed E-state index contributed by atoms with van der Waals surface area (Å²) in [6.07, 6.45) is 3.16. The van der Waals surface area contributed by atoms with Crippen LogP contribution in [0, 0.1) is 0 Å². The fraction of sp³-hybridized carbons (Fsp3) is 0.562. The summed E-state index contributed by atoms with van der Waals surface area (Å²) < 4.78 is 0. The Bertz CT molecular complexity index is 574. The van der Waals surface area contributed by atoms with Gasteiger partial charge in [-0.1, -0.05) is 11.2 Å². The van der Waals surface area contributed by atoms with Crippen LogP contribution in [-0.2, 0) is 0 Å². The first-order valence-electron chi connectivity index (χ1n) is 8.47. The minimum atomic E-state index is -0.365. The number of nitrogens with zero attached hydrogens (tertiary/aromatic N) is 3. The second kappa shape index (κ2) is 13.0. The lowest BCUT2D eigenvalue weighted by atomic mass is 10.1. The minimum Gasteiger partial charge on any atom is -0.507 e. The van der Waals surface area contributed by atoms with Crippen LogP contribution in [0.2, 0.25) is 0 Å². The highest BCUT2D eigenvalue weighted by molar-refractivity contribution is 5.97. The van der Waals surface area contributed by atoms with E-state index in [-0.39, 0.29) is 22.9 Å². The Morgan fingerprint density at radius 2 is 1.80 bits per heavy atom. The number of azide groups is 1. The lowest BCUT2D eigenvalue weighted by Crippen LogP contribution is -2.32. The van der Waals surface area contributed by atoms with Gasteiger partial charge in [0.05, 0.1) is 5.56 Å². The molecule has 0 saturated carbocycles. The van der Waals surface area contributed by atoms with E-state index in [1.54, 1.807) is 0 Å². The van der Waals surface area contributed by atoms with Crippen molar-refractivity contribution < 1.29 is 9.90 Å². The van der Waals surface area contributed by atoms with Gasteiger partial charge in [-0.3, -0.25) is 4.79 Å². The van der Waals surface area contributed by atoms with Crippen molar-refractivity contribution in [2.24, 2.45) is 10.8 Å². The normalized spacial score (nSPS) is 10.3. The maximum Gasteiger partial charge on any atom is 0.255 e. The van der Waals surface area contributed by atoms with Gasteiger partial charge in [-0.25, -0.2) is 0 Å². The standard InChI is InChI=1S/C16H27N7O2/c17-6-3-9-19-7-1-2-8-20-10-11-21-16(25)14-5-4-13(22-23-18)12-15(14)24/h4-5,12,19-20,24H,1-3,6-11,17H2,(H,21,25). The number of aromatic hydroxyl groups is 1. The number of carbonyl (C=O) groups is 1.